The maximum atomic E-state index is 13.2. The number of morpholine rings is 1. The number of hydrogen-bond acceptors (Lipinski definition) is 6. The van der Waals surface area contributed by atoms with Crippen LogP contribution in [0.1, 0.15) is 21.6 Å². The number of anilines is 1. The summed E-state index contributed by atoms with van der Waals surface area (Å²) in [7, 11) is -1.09. The Bertz CT molecular complexity index is 1180. The average molecular weight is 503 g/mol. The summed E-state index contributed by atoms with van der Waals surface area (Å²) in [6.07, 6.45) is -1.39. The Morgan fingerprint density at radius 2 is 1.86 bits per heavy atom. The summed E-state index contributed by atoms with van der Waals surface area (Å²) in [6, 6.07) is 10.7. The van der Waals surface area contributed by atoms with Crippen LogP contribution in [-0.4, -0.2) is 48.8 Å². The third-order valence-corrected chi connectivity index (χ3v) is 7.29. The van der Waals surface area contributed by atoms with Crippen LogP contribution in [-0.2, 0) is 17.5 Å². The fourth-order valence-corrected chi connectivity index (χ4v) is 4.89. The molecule has 1 amide bonds. The molecular weight excluding hydrogens is 478 g/mol. The zero-order valence-corrected chi connectivity index (χ0v) is 19.9. The lowest BCUT2D eigenvalue weighted by Crippen LogP contribution is -2.37. The zero-order valence-electron chi connectivity index (χ0n) is 19.0. The number of nitrogens with zero attached hydrogens (tertiary/aromatic N) is 3. The van der Waals surface area contributed by atoms with Gasteiger partial charge in [-0.1, -0.05) is 30.3 Å². The maximum Gasteiger partial charge on any atom is 0.416 e. The highest BCUT2D eigenvalue weighted by atomic mass is 31.1. The van der Waals surface area contributed by atoms with Crippen LogP contribution in [0, 0.1) is 0 Å². The van der Waals surface area contributed by atoms with Gasteiger partial charge < -0.3 is 20.5 Å². The summed E-state index contributed by atoms with van der Waals surface area (Å²) in [5, 5.41) is 3.82. The summed E-state index contributed by atoms with van der Waals surface area (Å²) in [5.41, 5.74) is 6.93. The molecule has 1 unspecified atom stereocenters. The van der Waals surface area contributed by atoms with Crippen molar-refractivity contribution in [3.63, 3.8) is 0 Å². The van der Waals surface area contributed by atoms with E-state index in [1.54, 1.807) is 30.5 Å². The van der Waals surface area contributed by atoms with Crippen LogP contribution in [0.25, 0.3) is 11.1 Å². The molecule has 184 valence electrons. The number of hydrogen-bond donors (Lipinski definition) is 2. The number of alkyl halides is 3. The first-order valence-corrected chi connectivity index (χ1v) is 12.7. The summed E-state index contributed by atoms with van der Waals surface area (Å²) < 4.78 is 44.9. The van der Waals surface area contributed by atoms with Gasteiger partial charge in [0.15, 0.2) is 0 Å². The molecule has 0 radical (unpaired) electrons. The number of carbonyl (C=O) groups excluding carboxylic acids is 1. The van der Waals surface area contributed by atoms with E-state index in [2.05, 4.69) is 15.1 Å². The molecule has 2 heterocycles. The molecule has 4 rings (SSSR count). The van der Waals surface area contributed by atoms with Crippen molar-refractivity contribution in [2.75, 3.05) is 37.9 Å². The first-order chi connectivity index (χ1) is 16.8. The Hall–Kier alpha value is -3.07. The first-order valence-electron chi connectivity index (χ1n) is 11.0. The molecule has 0 aliphatic carbocycles. The molecule has 1 saturated heterocycles. The van der Waals surface area contributed by atoms with E-state index in [4.69, 9.17) is 10.5 Å². The second-order valence-corrected chi connectivity index (χ2v) is 9.84. The second-order valence-electron chi connectivity index (χ2n) is 7.98. The van der Waals surface area contributed by atoms with E-state index in [0.29, 0.717) is 48.8 Å². The minimum atomic E-state index is -4.44. The van der Waals surface area contributed by atoms with E-state index >= 15 is 0 Å². The van der Waals surface area contributed by atoms with Gasteiger partial charge in [-0.05, 0) is 40.8 Å². The molecule has 0 saturated carbocycles. The molecule has 0 bridgehead atoms. The van der Waals surface area contributed by atoms with Crippen molar-refractivity contribution in [3.8, 4) is 11.1 Å². The van der Waals surface area contributed by atoms with Gasteiger partial charge in [0.1, 0.15) is 11.5 Å². The largest absolute Gasteiger partial charge is 0.416 e. The van der Waals surface area contributed by atoms with Crippen LogP contribution in [0.4, 0.5) is 19.0 Å². The highest BCUT2D eigenvalue weighted by Gasteiger charge is 2.31. The summed E-state index contributed by atoms with van der Waals surface area (Å²) in [5.74, 6) is 0.288. The summed E-state index contributed by atoms with van der Waals surface area (Å²) >= 11 is 0. The van der Waals surface area contributed by atoms with Gasteiger partial charge in [0.25, 0.3) is 5.91 Å². The molecule has 1 fully saturated rings. The molecule has 3 N–H and O–H groups in total. The number of amides is 1. The smallest absolute Gasteiger partial charge is 0.378 e. The second kappa shape index (κ2) is 10.7. The predicted molar refractivity (Wildman–Crippen MR) is 130 cm³/mol. The lowest BCUT2D eigenvalue weighted by molar-refractivity contribution is -0.137. The standard InChI is InChI=1S/C24H25F3N5O2P/c1-35(31-23(33)21-14-29-15-22(30-21)32-8-10-34-11-9-32)19-6-3-16(4-7-19)20-12-18(24(25,26)27)5-2-17(20)13-28/h2-7,12,14-15H,8-11,13,28H2,1H3,(H,31,33). The normalized spacial score (nSPS) is 15.1. The van der Waals surface area contributed by atoms with Crippen molar-refractivity contribution in [1.29, 1.82) is 0 Å². The van der Waals surface area contributed by atoms with Crippen molar-refractivity contribution in [2.24, 2.45) is 5.73 Å². The molecule has 1 aromatic heterocycles. The fourth-order valence-electron chi connectivity index (χ4n) is 3.75. The van der Waals surface area contributed by atoms with Gasteiger partial charge in [0.05, 0.1) is 31.2 Å². The number of halogens is 3. The van der Waals surface area contributed by atoms with Crippen LogP contribution in [0.2, 0.25) is 0 Å². The van der Waals surface area contributed by atoms with E-state index in [-0.39, 0.29) is 18.1 Å². The van der Waals surface area contributed by atoms with Gasteiger partial charge in [-0.3, -0.25) is 9.78 Å². The number of rotatable bonds is 6. The van der Waals surface area contributed by atoms with Gasteiger partial charge in [-0.15, -0.1) is 0 Å². The van der Waals surface area contributed by atoms with E-state index in [0.717, 1.165) is 17.4 Å². The van der Waals surface area contributed by atoms with E-state index < -0.39 is 19.8 Å². The number of nitrogens with two attached hydrogens (primary N) is 1. The highest BCUT2D eigenvalue weighted by molar-refractivity contribution is 7.63. The Morgan fingerprint density at radius 1 is 1.14 bits per heavy atom. The maximum absolute atomic E-state index is 13.2. The van der Waals surface area contributed by atoms with Crippen LogP contribution in [0.5, 0.6) is 0 Å². The monoisotopic (exact) mass is 503 g/mol. The van der Waals surface area contributed by atoms with Gasteiger partial charge in [-0.25, -0.2) is 4.98 Å². The Kier molecular flexibility index (Phi) is 7.64. The third kappa shape index (κ3) is 5.96. The van der Waals surface area contributed by atoms with Crippen LogP contribution < -0.4 is 21.0 Å². The van der Waals surface area contributed by atoms with Crippen LogP contribution in [0.3, 0.4) is 0 Å². The average Bonchev–Trinajstić information content (AvgIpc) is 2.88. The van der Waals surface area contributed by atoms with Crippen molar-refractivity contribution < 1.29 is 22.7 Å². The SMILES string of the molecule is CP(NC(=O)c1cncc(N2CCOCC2)n1)c1ccc(-c2cc(C(F)(F)F)ccc2CN)cc1. The number of benzene rings is 2. The van der Waals surface area contributed by atoms with Gasteiger partial charge in [-0.2, -0.15) is 13.2 Å². The molecular formula is C24H25F3N5O2P. The van der Waals surface area contributed by atoms with Crippen molar-refractivity contribution in [3.05, 3.63) is 71.7 Å². The van der Waals surface area contributed by atoms with E-state index in [9.17, 15) is 18.0 Å². The first kappa shape index (κ1) is 25.0. The van der Waals surface area contributed by atoms with E-state index in [1.165, 1.54) is 12.3 Å². The van der Waals surface area contributed by atoms with E-state index in [1.807, 2.05) is 11.6 Å². The lowest BCUT2D eigenvalue weighted by atomic mass is 9.97. The highest BCUT2D eigenvalue weighted by Crippen LogP contribution is 2.34. The van der Waals surface area contributed by atoms with Gasteiger partial charge >= 0.3 is 6.18 Å². The minimum Gasteiger partial charge on any atom is -0.378 e. The van der Waals surface area contributed by atoms with Crippen LogP contribution >= 0.6 is 8.07 Å². The fraction of sp³-hybridized carbons (Fsp3) is 0.292. The molecule has 3 aromatic rings. The molecule has 1 aliphatic rings. The zero-order chi connectivity index (χ0) is 25.0. The molecule has 1 atom stereocenters. The lowest BCUT2D eigenvalue weighted by Gasteiger charge is -2.27. The summed E-state index contributed by atoms with van der Waals surface area (Å²) in [6.45, 7) is 4.57. The summed E-state index contributed by atoms with van der Waals surface area (Å²) in [4.78, 5) is 23.4. The predicted octanol–water partition coefficient (Wildman–Crippen LogP) is 3.54. The molecule has 0 spiro atoms. The van der Waals surface area contributed by atoms with Gasteiger partial charge in [0, 0.05) is 27.7 Å². The van der Waals surface area contributed by atoms with Crippen molar-refractivity contribution in [2.45, 2.75) is 12.7 Å². The molecule has 1 aliphatic heterocycles. The number of ether oxygens (including phenoxy) is 1. The number of carbonyl (C=O) groups is 1. The van der Waals surface area contributed by atoms with Gasteiger partial charge in [0.2, 0.25) is 0 Å². The Balaban J connectivity index is 1.48. The molecule has 11 heteroatoms. The molecule has 2 aromatic carbocycles. The van der Waals surface area contributed by atoms with Crippen LogP contribution in [0.15, 0.2) is 54.9 Å². The topological polar surface area (TPSA) is 93.4 Å². The van der Waals surface area contributed by atoms with Crippen molar-refractivity contribution >= 4 is 25.1 Å². The number of nitrogens with one attached hydrogen (secondary N) is 1. The Labute approximate surface area is 202 Å². The molecule has 35 heavy (non-hydrogen) atoms. The quantitative estimate of drug-likeness (QED) is 0.500. The van der Waals surface area contributed by atoms with Crippen molar-refractivity contribution in [1.82, 2.24) is 15.1 Å². The third-order valence-electron chi connectivity index (χ3n) is 5.68. The number of aromatic nitrogens is 2. The Morgan fingerprint density at radius 3 is 2.51 bits per heavy atom. The molecule has 7 nitrogen and oxygen atoms in total. The minimum absolute atomic E-state index is 0.121.